The monoisotopic (exact) mass is 323 g/mol. The lowest BCUT2D eigenvalue weighted by Crippen LogP contribution is -2.44. The van der Waals surface area contributed by atoms with Gasteiger partial charge >= 0.3 is 0 Å². The number of rotatable bonds is 4. The highest BCUT2D eigenvalue weighted by Crippen LogP contribution is 2.24. The van der Waals surface area contributed by atoms with Crippen LogP contribution in [-0.2, 0) is 17.8 Å². The second-order valence-electron chi connectivity index (χ2n) is 6.56. The van der Waals surface area contributed by atoms with Crippen molar-refractivity contribution in [3.8, 4) is 5.75 Å². The van der Waals surface area contributed by atoms with E-state index in [2.05, 4.69) is 24.3 Å². The standard InChI is InChI=1S/C21H25NO2/c1-4-19(24-20-13-15(2)9-10-16(20)3)21(23)22-12-11-17-7-5-6-8-18(17)14-22/h5-10,13,19H,4,11-12,14H2,1-3H3/t19-/m0/s1. The Kier molecular flexibility index (Phi) is 4.89. The Bertz CT molecular complexity index is 738. The molecule has 1 aliphatic heterocycles. The lowest BCUT2D eigenvalue weighted by Gasteiger charge is -2.32. The molecule has 1 aliphatic rings. The van der Waals surface area contributed by atoms with Gasteiger partial charge in [0.1, 0.15) is 5.75 Å². The third-order valence-electron chi connectivity index (χ3n) is 4.70. The van der Waals surface area contributed by atoms with E-state index in [0.717, 1.165) is 29.8 Å². The van der Waals surface area contributed by atoms with Gasteiger partial charge in [0.05, 0.1) is 0 Å². The van der Waals surface area contributed by atoms with E-state index in [1.165, 1.54) is 11.1 Å². The zero-order valence-corrected chi connectivity index (χ0v) is 14.7. The first-order valence-electron chi connectivity index (χ1n) is 8.68. The zero-order valence-electron chi connectivity index (χ0n) is 14.7. The molecule has 0 aliphatic carbocycles. The average molecular weight is 323 g/mol. The van der Waals surface area contributed by atoms with Crippen LogP contribution in [0.1, 0.15) is 35.6 Å². The van der Waals surface area contributed by atoms with Gasteiger partial charge in [-0.2, -0.15) is 0 Å². The van der Waals surface area contributed by atoms with Crippen LogP contribution in [0.2, 0.25) is 0 Å². The summed E-state index contributed by atoms with van der Waals surface area (Å²) in [5, 5.41) is 0. The molecule has 2 aromatic rings. The molecule has 1 amide bonds. The first-order chi connectivity index (χ1) is 11.6. The Morgan fingerprint density at radius 3 is 2.67 bits per heavy atom. The topological polar surface area (TPSA) is 29.5 Å². The van der Waals surface area contributed by atoms with Crippen molar-refractivity contribution in [1.82, 2.24) is 4.90 Å². The lowest BCUT2D eigenvalue weighted by atomic mass is 9.99. The molecule has 0 unspecified atom stereocenters. The summed E-state index contributed by atoms with van der Waals surface area (Å²) in [5.74, 6) is 0.903. The lowest BCUT2D eigenvalue weighted by molar-refractivity contribution is -0.139. The van der Waals surface area contributed by atoms with E-state index in [1.54, 1.807) is 0 Å². The van der Waals surface area contributed by atoms with Crippen LogP contribution in [0.25, 0.3) is 0 Å². The number of ether oxygens (including phenoxy) is 1. The van der Waals surface area contributed by atoms with Crippen LogP contribution >= 0.6 is 0 Å². The maximum absolute atomic E-state index is 12.9. The predicted octanol–water partition coefficient (Wildman–Crippen LogP) is 4.05. The zero-order chi connectivity index (χ0) is 17.1. The Morgan fingerprint density at radius 1 is 1.17 bits per heavy atom. The smallest absolute Gasteiger partial charge is 0.263 e. The van der Waals surface area contributed by atoms with Crippen molar-refractivity contribution in [2.24, 2.45) is 0 Å². The number of fused-ring (bicyclic) bond motifs is 1. The third kappa shape index (κ3) is 3.45. The van der Waals surface area contributed by atoms with Gasteiger partial charge < -0.3 is 9.64 Å². The molecular formula is C21H25NO2. The normalized spacial score (nSPS) is 14.9. The molecule has 24 heavy (non-hydrogen) atoms. The molecule has 3 rings (SSSR count). The van der Waals surface area contributed by atoms with Gasteiger partial charge in [-0.1, -0.05) is 43.3 Å². The van der Waals surface area contributed by atoms with Gasteiger partial charge in [-0.3, -0.25) is 4.79 Å². The maximum Gasteiger partial charge on any atom is 0.263 e. The highest BCUT2D eigenvalue weighted by Gasteiger charge is 2.27. The molecule has 1 atom stereocenters. The highest BCUT2D eigenvalue weighted by atomic mass is 16.5. The summed E-state index contributed by atoms with van der Waals surface area (Å²) in [7, 11) is 0. The molecule has 0 N–H and O–H groups in total. The van der Waals surface area contributed by atoms with E-state index in [4.69, 9.17) is 4.74 Å². The molecule has 126 valence electrons. The third-order valence-corrected chi connectivity index (χ3v) is 4.70. The number of amides is 1. The fourth-order valence-electron chi connectivity index (χ4n) is 3.18. The number of aryl methyl sites for hydroxylation is 2. The number of benzene rings is 2. The quantitative estimate of drug-likeness (QED) is 0.849. The number of nitrogens with zero attached hydrogens (tertiary/aromatic N) is 1. The first-order valence-corrected chi connectivity index (χ1v) is 8.68. The van der Waals surface area contributed by atoms with Gasteiger partial charge in [-0.25, -0.2) is 0 Å². The number of hydrogen-bond acceptors (Lipinski definition) is 2. The van der Waals surface area contributed by atoms with E-state index < -0.39 is 6.10 Å². The molecule has 0 radical (unpaired) electrons. The van der Waals surface area contributed by atoms with E-state index in [-0.39, 0.29) is 5.91 Å². The van der Waals surface area contributed by atoms with Crippen LogP contribution in [0.4, 0.5) is 0 Å². The number of carbonyl (C=O) groups is 1. The fourth-order valence-corrected chi connectivity index (χ4v) is 3.18. The summed E-state index contributed by atoms with van der Waals surface area (Å²) < 4.78 is 6.09. The van der Waals surface area contributed by atoms with Crippen LogP contribution in [-0.4, -0.2) is 23.5 Å². The van der Waals surface area contributed by atoms with Gasteiger partial charge in [0.15, 0.2) is 6.10 Å². The van der Waals surface area contributed by atoms with Crippen molar-refractivity contribution >= 4 is 5.91 Å². The molecule has 0 saturated heterocycles. The molecule has 2 aromatic carbocycles. The molecule has 0 fully saturated rings. The molecule has 3 heteroatoms. The molecule has 0 aromatic heterocycles. The minimum Gasteiger partial charge on any atom is -0.480 e. The van der Waals surface area contributed by atoms with Gasteiger partial charge in [-0.15, -0.1) is 0 Å². The summed E-state index contributed by atoms with van der Waals surface area (Å²) in [4.78, 5) is 14.9. The van der Waals surface area contributed by atoms with Crippen LogP contribution < -0.4 is 4.74 Å². The van der Waals surface area contributed by atoms with Gasteiger partial charge in [0.25, 0.3) is 5.91 Å². The molecular weight excluding hydrogens is 298 g/mol. The van der Waals surface area contributed by atoms with Crippen molar-refractivity contribution in [3.05, 3.63) is 64.7 Å². The summed E-state index contributed by atoms with van der Waals surface area (Å²) >= 11 is 0. The fraction of sp³-hybridized carbons (Fsp3) is 0.381. The maximum atomic E-state index is 12.9. The Hall–Kier alpha value is -2.29. The van der Waals surface area contributed by atoms with E-state index in [9.17, 15) is 4.79 Å². The Balaban J connectivity index is 1.74. The van der Waals surface area contributed by atoms with E-state index in [1.807, 2.05) is 43.9 Å². The van der Waals surface area contributed by atoms with Crippen molar-refractivity contribution in [2.75, 3.05) is 6.54 Å². The van der Waals surface area contributed by atoms with Crippen LogP contribution in [0.3, 0.4) is 0 Å². The van der Waals surface area contributed by atoms with Gasteiger partial charge in [0, 0.05) is 13.1 Å². The number of carbonyl (C=O) groups excluding carboxylic acids is 1. The number of hydrogen-bond donors (Lipinski definition) is 0. The minimum atomic E-state index is -0.421. The van der Waals surface area contributed by atoms with E-state index >= 15 is 0 Å². The molecule has 3 nitrogen and oxygen atoms in total. The van der Waals surface area contributed by atoms with Crippen LogP contribution in [0.5, 0.6) is 5.75 Å². The average Bonchev–Trinajstić information content (AvgIpc) is 2.61. The molecule has 0 saturated carbocycles. The summed E-state index contributed by atoms with van der Waals surface area (Å²) in [6.07, 6.45) is 1.17. The summed E-state index contributed by atoms with van der Waals surface area (Å²) in [5.41, 5.74) is 4.81. The predicted molar refractivity (Wildman–Crippen MR) is 96.2 cm³/mol. The molecule has 0 bridgehead atoms. The van der Waals surface area contributed by atoms with Crippen LogP contribution in [0.15, 0.2) is 42.5 Å². The van der Waals surface area contributed by atoms with E-state index in [0.29, 0.717) is 13.0 Å². The van der Waals surface area contributed by atoms with Crippen molar-refractivity contribution in [3.63, 3.8) is 0 Å². The van der Waals surface area contributed by atoms with Crippen molar-refractivity contribution in [2.45, 2.75) is 46.3 Å². The SMILES string of the molecule is CC[C@H](Oc1cc(C)ccc1C)C(=O)N1CCc2ccccc2C1. The minimum absolute atomic E-state index is 0.0907. The second-order valence-corrected chi connectivity index (χ2v) is 6.56. The van der Waals surface area contributed by atoms with Crippen LogP contribution in [0, 0.1) is 13.8 Å². The van der Waals surface area contributed by atoms with Gasteiger partial charge in [0.2, 0.25) is 0 Å². The van der Waals surface area contributed by atoms with Crippen molar-refractivity contribution < 1.29 is 9.53 Å². The largest absolute Gasteiger partial charge is 0.480 e. The molecule has 1 heterocycles. The Labute approximate surface area is 144 Å². The highest BCUT2D eigenvalue weighted by molar-refractivity contribution is 5.81. The summed E-state index contributed by atoms with van der Waals surface area (Å²) in [6.45, 7) is 7.51. The van der Waals surface area contributed by atoms with Crippen molar-refractivity contribution in [1.29, 1.82) is 0 Å². The van der Waals surface area contributed by atoms with Gasteiger partial charge in [-0.05, 0) is 55.0 Å². The molecule has 0 spiro atoms. The Morgan fingerprint density at radius 2 is 1.92 bits per heavy atom. The first kappa shape index (κ1) is 16.6. The summed E-state index contributed by atoms with van der Waals surface area (Å²) in [6, 6.07) is 14.5. The second kappa shape index (κ2) is 7.08.